The Bertz CT molecular complexity index is 158. The van der Waals surface area contributed by atoms with Gasteiger partial charge in [-0.05, 0) is 5.92 Å². The molecule has 0 aliphatic carbocycles. The predicted molar refractivity (Wildman–Crippen MR) is 62.8 cm³/mol. The average molecular weight is 223 g/mol. The van der Waals surface area contributed by atoms with E-state index in [1.807, 2.05) is 21.6 Å². The smallest absolute Gasteiger partial charge is 0.0835 e. The quantitative estimate of drug-likeness (QED) is 0.405. The van der Waals surface area contributed by atoms with Crippen LogP contribution in [0.3, 0.4) is 0 Å². The van der Waals surface area contributed by atoms with Crippen molar-refractivity contribution in [3.63, 3.8) is 0 Å². The topological polar surface area (TPSA) is 0 Å². The second-order valence-corrected chi connectivity index (χ2v) is 5.69. The fourth-order valence-electron chi connectivity index (χ4n) is 0.582. The van der Waals surface area contributed by atoms with E-state index >= 15 is 0 Å². The van der Waals surface area contributed by atoms with Gasteiger partial charge in [-0.3, -0.25) is 0 Å². The Morgan fingerprint density at radius 1 is 1.42 bits per heavy atom. The van der Waals surface area contributed by atoms with Gasteiger partial charge in [0.05, 0.1) is 11.1 Å². The first kappa shape index (κ1) is 12.6. The SMILES string of the molecule is CCSSC(C#CCCl)C(C)C. The van der Waals surface area contributed by atoms with Gasteiger partial charge in [0.25, 0.3) is 0 Å². The van der Waals surface area contributed by atoms with Crippen molar-refractivity contribution in [1.82, 2.24) is 0 Å². The van der Waals surface area contributed by atoms with Crippen LogP contribution in [0.2, 0.25) is 0 Å². The molecule has 0 amide bonds. The Labute approximate surface area is 88.6 Å². The molecule has 70 valence electrons. The predicted octanol–water partition coefficient (Wildman–Crippen LogP) is 3.65. The van der Waals surface area contributed by atoms with Gasteiger partial charge in [-0.15, -0.1) is 11.6 Å². The number of alkyl halides is 1. The Hall–Kier alpha value is 0.550. The summed E-state index contributed by atoms with van der Waals surface area (Å²) in [5.74, 6) is 8.27. The normalized spacial score (nSPS) is 12.4. The van der Waals surface area contributed by atoms with Gasteiger partial charge in [0.15, 0.2) is 0 Å². The molecule has 1 unspecified atom stereocenters. The van der Waals surface area contributed by atoms with E-state index in [2.05, 4.69) is 32.6 Å². The maximum absolute atomic E-state index is 5.49. The molecule has 3 heteroatoms. The highest BCUT2D eigenvalue weighted by atomic mass is 35.5. The van der Waals surface area contributed by atoms with E-state index in [0.717, 1.165) is 5.75 Å². The van der Waals surface area contributed by atoms with Crippen LogP contribution in [0.15, 0.2) is 0 Å². The van der Waals surface area contributed by atoms with Crippen LogP contribution in [-0.4, -0.2) is 16.9 Å². The molecule has 0 fully saturated rings. The highest BCUT2D eigenvalue weighted by molar-refractivity contribution is 8.77. The lowest BCUT2D eigenvalue weighted by molar-refractivity contribution is 0.692. The lowest BCUT2D eigenvalue weighted by Gasteiger charge is -2.12. The molecule has 12 heavy (non-hydrogen) atoms. The van der Waals surface area contributed by atoms with E-state index in [1.165, 1.54) is 0 Å². The van der Waals surface area contributed by atoms with Crippen molar-refractivity contribution >= 4 is 33.2 Å². The first-order chi connectivity index (χ1) is 5.72. The molecule has 0 nitrogen and oxygen atoms in total. The lowest BCUT2D eigenvalue weighted by Crippen LogP contribution is -2.06. The number of hydrogen-bond acceptors (Lipinski definition) is 2. The molecule has 0 aromatic carbocycles. The van der Waals surface area contributed by atoms with E-state index < -0.39 is 0 Å². The summed E-state index contributed by atoms with van der Waals surface area (Å²) >= 11 is 5.49. The van der Waals surface area contributed by atoms with Crippen molar-refractivity contribution in [2.45, 2.75) is 26.0 Å². The van der Waals surface area contributed by atoms with E-state index in [1.54, 1.807) is 0 Å². The standard InChI is InChI=1S/C9H15ClS2/c1-4-11-12-9(8(2)3)6-5-7-10/h8-9H,4,7H2,1-3H3. The minimum Gasteiger partial charge on any atom is -0.113 e. The Morgan fingerprint density at radius 3 is 2.50 bits per heavy atom. The van der Waals surface area contributed by atoms with E-state index in [-0.39, 0.29) is 0 Å². The van der Waals surface area contributed by atoms with Gasteiger partial charge in [-0.25, -0.2) is 0 Å². The molecule has 0 spiro atoms. The van der Waals surface area contributed by atoms with Gasteiger partial charge in [0.2, 0.25) is 0 Å². The summed E-state index contributed by atoms with van der Waals surface area (Å²) in [4.78, 5) is 0. The number of rotatable bonds is 4. The van der Waals surface area contributed by atoms with Gasteiger partial charge in [-0.2, -0.15) is 0 Å². The maximum atomic E-state index is 5.49. The largest absolute Gasteiger partial charge is 0.113 e. The number of halogens is 1. The van der Waals surface area contributed by atoms with Gasteiger partial charge in [-0.1, -0.05) is 54.2 Å². The van der Waals surface area contributed by atoms with Gasteiger partial charge in [0, 0.05) is 5.75 Å². The summed E-state index contributed by atoms with van der Waals surface area (Å²) in [6, 6.07) is 0. The summed E-state index contributed by atoms with van der Waals surface area (Å²) in [7, 11) is 3.72. The summed E-state index contributed by atoms with van der Waals surface area (Å²) in [5.41, 5.74) is 0. The molecule has 0 bridgehead atoms. The van der Waals surface area contributed by atoms with Crippen LogP contribution in [-0.2, 0) is 0 Å². The van der Waals surface area contributed by atoms with Crippen LogP contribution < -0.4 is 0 Å². The van der Waals surface area contributed by atoms with Gasteiger partial charge < -0.3 is 0 Å². The molecule has 0 aliphatic rings. The lowest BCUT2D eigenvalue weighted by atomic mass is 10.1. The van der Waals surface area contributed by atoms with Crippen molar-refractivity contribution in [3.05, 3.63) is 0 Å². The fourth-order valence-corrected chi connectivity index (χ4v) is 2.95. The molecule has 0 rings (SSSR count). The second-order valence-electron chi connectivity index (χ2n) is 2.62. The molecule has 0 aromatic rings. The zero-order chi connectivity index (χ0) is 9.40. The Morgan fingerprint density at radius 2 is 2.08 bits per heavy atom. The van der Waals surface area contributed by atoms with Crippen LogP contribution in [0.1, 0.15) is 20.8 Å². The molecule has 0 radical (unpaired) electrons. The molecular formula is C9H15ClS2. The highest BCUT2D eigenvalue weighted by Crippen LogP contribution is 2.30. The van der Waals surface area contributed by atoms with E-state index in [0.29, 0.717) is 17.0 Å². The third kappa shape index (κ3) is 6.11. The zero-order valence-corrected chi connectivity index (χ0v) is 10.2. The van der Waals surface area contributed by atoms with Gasteiger partial charge >= 0.3 is 0 Å². The minimum atomic E-state index is 0.425. The van der Waals surface area contributed by atoms with Crippen molar-refractivity contribution in [2.24, 2.45) is 5.92 Å². The molecule has 0 aliphatic heterocycles. The molecular weight excluding hydrogens is 208 g/mol. The molecule has 0 saturated heterocycles. The van der Waals surface area contributed by atoms with Crippen LogP contribution in [0.5, 0.6) is 0 Å². The summed E-state index contributed by atoms with van der Waals surface area (Å²) in [5, 5.41) is 0.425. The Balaban J connectivity index is 3.86. The van der Waals surface area contributed by atoms with Crippen molar-refractivity contribution < 1.29 is 0 Å². The van der Waals surface area contributed by atoms with E-state index in [9.17, 15) is 0 Å². The monoisotopic (exact) mass is 222 g/mol. The van der Waals surface area contributed by atoms with Crippen molar-refractivity contribution in [2.75, 3.05) is 11.6 Å². The average Bonchev–Trinajstić information content (AvgIpc) is 2.04. The van der Waals surface area contributed by atoms with Gasteiger partial charge in [0.1, 0.15) is 0 Å². The number of hydrogen-bond donors (Lipinski definition) is 0. The van der Waals surface area contributed by atoms with Crippen molar-refractivity contribution in [1.29, 1.82) is 0 Å². The molecule has 0 N–H and O–H groups in total. The first-order valence-corrected chi connectivity index (χ1v) is 6.96. The maximum Gasteiger partial charge on any atom is 0.0835 e. The third-order valence-corrected chi connectivity index (χ3v) is 4.32. The Kier molecular flexibility index (Phi) is 8.54. The highest BCUT2D eigenvalue weighted by Gasteiger charge is 2.09. The minimum absolute atomic E-state index is 0.425. The molecule has 1 atom stereocenters. The molecule has 0 heterocycles. The summed E-state index contributed by atoms with van der Waals surface area (Å²) in [6.45, 7) is 6.54. The molecule has 0 saturated carbocycles. The summed E-state index contributed by atoms with van der Waals surface area (Å²) in [6.07, 6.45) is 0. The third-order valence-electron chi connectivity index (χ3n) is 1.21. The van der Waals surface area contributed by atoms with Crippen LogP contribution in [0.4, 0.5) is 0 Å². The fraction of sp³-hybridized carbons (Fsp3) is 0.778. The van der Waals surface area contributed by atoms with Crippen LogP contribution >= 0.6 is 33.2 Å². The van der Waals surface area contributed by atoms with Crippen LogP contribution in [0.25, 0.3) is 0 Å². The summed E-state index contributed by atoms with van der Waals surface area (Å²) < 4.78 is 0. The second kappa shape index (κ2) is 8.16. The van der Waals surface area contributed by atoms with Crippen molar-refractivity contribution in [3.8, 4) is 11.8 Å². The first-order valence-electron chi connectivity index (χ1n) is 4.05. The zero-order valence-electron chi connectivity index (χ0n) is 7.76. The van der Waals surface area contributed by atoms with E-state index in [4.69, 9.17) is 11.6 Å². The van der Waals surface area contributed by atoms with Crippen LogP contribution in [0, 0.1) is 17.8 Å². The molecule has 0 aromatic heterocycles.